The summed E-state index contributed by atoms with van der Waals surface area (Å²) in [6.07, 6.45) is 3.91. The molecule has 0 aliphatic carbocycles. The predicted molar refractivity (Wildman–Crippen MR) is 54.9 cm³/mol. The third-order valence-corrected chi connectivity index (χ3v) is 1.94. The molecule has 69 valence electrons. The molecular formula is C12H15O. The molecule has 0 aliphatic heterocycles. The fraction of sp³-hybridized carbons (Fsp3) is 0.333. The number of benzene rings is 1. The zero-order valence-corrected chi connectivity index (χ0v) is 8.26. The van der Waals surface area contributed by atoms with Gasteiger partial charge in [0, 0.05) is 0 Å². The van der Waals surface area contributed by atoms with E-state index < -0.39 is 0 Å². The van der Waals surface area contributed by atoms with E-state index in [2.05, 4.69) is 19.6 Å². The molecule has 0 atom stereocenters. The first-order valence-electron chi connectivity index (χ1n) is 4.55. The van der Waals surface area contributed by atoms with Gasteiger partial charge in [-0.2, -0.15) is 0 Å². The van der Waals surface area contributed by atoms with Crippen LogP contribution >= 0.6 is 0 Å². The fourth-order valence-corrected chi connectivity index (χ4v) is 1.17. The molecule has 0 fully saturated rings. The molecule has 1 heteroatoms. The van der Waals surface area contributed by atoms with E-state index in [9.17, 15) is 0 Å². The van der Waals surface area contributed by atoms with Crippen LogP contribution < -0.4 is 4.74 Å². The van der Waals surface area contributed by atoms with Gasteiger partial charge in [-0.05, 0) is 36.6 Å². The van der Waals surface area contributed by atoms with Crippen LogP contribution in [0.25, 0.3) is 0 Å². The summed E-state index contributed by atoms with van der Waals surface area (Å²) in [7, 11) is 0. The summed E-state index contributed by atoms with van der Waals surface area (Å²) in [5, 5.41) is 0. The highest BCUT2D eigenvalue weighted by atomic mass is 16.5. The standard InChI is InChI=1S/C12H15O/c1-4-9-13-12-8-6-7-11(5-2)10(12)3/h6-8H,2,4,9H2,1,3H3. The Labute approximate surface area is 80.0 Å². The van der Waals surface area contributed by atoms with Crippen LogP contribution in [-0.2, 0) is 0 Å². The molecule has 0 aromatic heterocycles. The summed E-state index contributed by atoms with van der Waals surface area (Å²) in [6, 6.07) is 5.93. The molecule has 1 radical (unpaired) electrons. The van der Waals surface area contributed by atoms with E-state index >= 15 is 0 Å². The maximum atomic E-state index is 5.56. The normalized spacial score (nSPS) is 9.69. The minimum Gasteiger partial charge on any atom is -0.493 e. The fourth-order valence-electron chi connectivity index (χ4n) is 1.17. The number of rotatable bonds is 4. The van der Waals surface area contributed by atoms with Crippen LogP contribution in [0.1, 0.15) is 24.5 Å². The van der Waals surface area contributed by atoms with Crippen molar-refractivity contribution in [1.29, 1.82) is 0 Å². The van der Waals surface area contributed by atoms with E-state index in [1.807, 2.05) is 25.1 Å². The third kappa shape index (κ3) is 2.35. The van der Waals surface area contributed by atoms with Crippen molar-refractivity contribution in [2.45, 2.75) is 20.3 Å². The van der Waals surface area contributed by atoms with Crippen molar-refractivity contribution in [2.24, 2.45) is 0 Å². The van der Waals surface area contributed by atoms with E-state index in [0.717, 1.165) is 29.9 Å². The van der Waals surface area contributed by atoms with Crippen molar-refractivity contribution in [1.82, 2.24) is 0 Å². The quantitative estimate of drug-likeness (QED) is 0.683. The summed E-state index contributed by atoms with van der Waals surface area (Å²) in [5.74, 6) is 0.940. The minimum absolute atomic E-state index is 0.765. The number of hydrogen-bond donors (Lipinski definition) is 0. The van der Waals surface area contributed by atoms with E-state index in [-0.39, 0.29) is 0 Å². The number of hydrogen-bond acceptors (Lipinski definition) is 1. The van der Waals surface area contributed by atoms with Crippen LogP contribution in [0.4, 0.5) is 0 Å². The Morgan fingerprint density at radius 2 is 2.23 bits per heavy atom. The molecule has 1 aromatic rings. The maximum absolute atomic E-state index is 5.56. The van der Waals surface area contributed by atoms with Gasteiger partial charge < -0.3 is 4.74 Å². The van der Waals surface area contributed by atoms with Gasteiger partial charge in [0.25, 0.3) is 0 Å². The molecule has 0 saturated carbocycles. The van der Waals surface area contributed by atoms with Gasteiger partial charge >= 0.3 is 0 Å². The summed E-state index contributed by atoms with van der Waals surface area (Å²) in [5.41, 5.74) is 2.14. The van der Waals surface area contributed by atoms with Crippen molar-refractivity contribution in [3.05, 3.63) is 42.0 Å². The molecule has 13 heavy (non-hydrogen) atoms. The summed E-state index contributed by atoms with van der Waals surface area (Å²) in [6.45, 7) is 8.52. The van der Waals surface area contributed by atoms with E-state index in [4.69, 9.17) is 4.74 Å². The molecule has 0 heterocycles. The minimum atomic E-state index is 0.765. The van der Waals surface area contributed by atoms with Gasteiger partial charge in [-0.25, -0.2) is 0 Å². The van der Waals surface area contributed by atoms with Crippen molar-refractivity contribution >= 4 is 0 Å². The van der Waals surface area contributed by atoms with Crippen LogP contribution in [-0.4, -0.2) is 6.61 Å². The van der Waals surface area contributed by atoms with Gasteiger partial charge in [0.2, 0.25) is 0 Å². The SMILES string of the molecule is C=[C]c1cccc(OCCC)c1C. The van der Waals surface area contributed by atoms with Crippen LogP contribution in [0.2, 0.25) is 0 Å². The van der Waals surface area contributed by atoms with Crippen molar-refractivity contribution < 1.29 is 4.74 Å². The second-order valence-electron chi connectivity index (χ2n) is 2.95. The lowest BCUT2D eigenvalue weighted by Gasteiger charge is -2.09. The lowest BCUT2D eigenvalue weighted by atomic mass is 10.1. The molecule has 0 bridgehead atoms. The monoisotopic (exact) mass is 175 g/mol. The summed E-state index contributed by atoms with van der Waals surface area (Å²) < 4.78 is 5.56. The molecule has 0 unspecified atom stereocenters. The first-order chi connectivity index (χ1) is 6.29. The van der Waals surface area contributed by atoms with Gasteiger partial charge in [0.05, 0.1) is 6.61 Å². The largest absolute Gasteiger partial charge is 0.493 e. The molecular weight excluding hydrogens is 160 g/mol. The highest BCUT2D eigenvalue weighted by Gasteiger charge is 2.01. The van der Waals surface area contributed by atoms with Crippen LogP contribution in [0.3, 0.4) is 0 Å². The average molecular weight is 175 g/mol. The zero-order chi connectivity index (χ0) is 9.68. The lowest BCUT2D eigenvalue weighted by Crippen LogP contribution is -1.97. The molecule has 1 rings (SSSR count). The highest BCUT2D eigenvalue weighted by Crippen LogP contribution is 2.21. The zero-order valence-electron chi connectivity index (χ0n) is 8.26. The molecule has 1 nitrogen and oxygen atoms in total. The van der Waals surface area contributed by atoms with Gasteiger partial charge in [-0.15, -0.1) is 0 Å². The van der Waals surface area contributed by atoms with Crippen molar-refractivity contribution in [3.8, 4) is 5.75 Å². The number of ether oxygens (including phenoxy) is 1. The maximum Gasteiger partial charge on any atom is 0.122 e. The second kappa shape index (κ2) is 4.70. The van der Waals surface area contributed by atoms with E-state index in [1.165, 1.54) is 0 Å². The Morgan fingerprint density at radius 1 is 1.46 bits per heavy atom. The first-order valence-corrected chi connectivity index (χ1v) is 4.55. The van der Waals surface area contributed by atoms with Gasteiger partial charge in [0.1, 0.15) is 5.75 Å². The smallest absolute Gasteiger partial charge is 0.122 e. The second-order valence-corrected chi connectivity index (χ2v) is 2.95. The molecule has 0 saturated heterocycles. The van der Waals surface area contributed by atoms with Crippen LogP contribution in [0.5, 0.6) is 5.75 Å². The van der Waals surface area contributed by atoms with Crippen LogP contribution in [0, 0.1) is 13.0 Å². The third-order valence-electron chi connectivity index (χ3n) is 1.94. The Balaban J connectivity index is 2.87. The summed E-state index contributed by atoms with van der Waals surface area (Å²) >= 11 is 0. The molecule has 0 amide bonds. The highest BCUT2D eigenvalue weighted by molar-refractivity contribution is 5.41. The summed E-state index contributed by atoms with van der Waals surface area (Å²) in [4.78, 5) is 0. The first kappa shape index (κ1) is 9.85. The Bertz CT molecular complexity index is 289. The van der Waals surface area contributed by atoms with Gasteiger partial charge in [0.15, 0.2) is 0 Å². The molecule has 0 N–H and O–H groups in total. The van der Waals surface area contributed by atoms with E-state index in [1.54, 1.807) is 0 Å². The predicted octanol–water partition coefficient (Wildman–Crippen LogP) is 3.12. The Morgan fingerprint density at radius 3 is 2.85 bits per heavy atom. The Kier molecular flexibility index (Phi) is 3.56. The molecule has 0 aliphatic rings. The van der Waals surface area contributed by atoms with Crippen LogP contribution in [0.15, 0.2) is 24.8 Å². The van der Waals surface area contributed by atoms with Gasteiger partial charge in [-0.1, -0.05) is 25.6 Å². The topological polar surface area (TPSA) is 9.23 Å². The van der Waals surface area contributed by atoms with E-state index in [0.29, 0.717) is 0 Å². The average Bonchev–Trinajstić information content (AvgIpc) is 2.16. The lowest BCUT2D eigenvalue weighted by molar-refractivity contribution is 0.315. The van der Waals surface area contributed by atoms with Crippen molar-refractivity contribution in [3.63, 3.8) is 0 Å². The Hall–Kier alpha value is -1.24. The van der Waals surface area contributed by atoms with Crippen molar-refractivity contribution in [2.75, 3.05) is 6.61 Å². The molecule has 1 aromatic carbocycles. The van der Waals surface area contributed by atoms with Gasteiger partial charge in [-0.3, -0.25) is 0 Å². The molecule has 0 spiro atoms.